The lowest BCUT2D eigenvalue weighted by Crippen LogP contribution is -2.18. The van der Waals surface area contributed by atoms with Crippen molar-refractivity contribution < 1.29 is 107 Å². The second kappa shape index (κ2) is 43.2. The van der Waals surface area contributed by atoms with Crippen LogP contribution in [0.15, 0.2) is 283 Å². The van der Waals surface area contributed by atoms with E-state index >= 15 is 0 Å². The van der Waals surface area contributed by atoms with Gasteiger partial charge in [-0.25, -0.2) is 19.2 Å². The van der Waals surface area contributed by atoms with Crippen LogP contribution in [-0.4, -0.2) is 72.6 Å². The second-order valence-electron chi connectivity index (χ2n) is 18.7. The number of ether oxygens (including phenoxy) is 8. The fourth-order valence-electron chi connectivity index (χ4n) is 7.63. The molecule has 0 bridgehead atoms. The van der Waals surface area contributed by atoms with Gasteiger partial charge in [0.05, 0.1) is 16.1 Å². The number of nitro groups is 1. The molecule has 0 aromatic heterocycles. The summed E-state index contributed by atoms with van der Waals surface area (Å²) in [5.41, 5.74) is 2.34. The molecule has 0 radical (unpaired) electrons. The molecule has 1 aliphatic heterocycles. The van der Waals surface area contributed by atoms with Crippen molar-refractivity contribution in [2.75, 3.05) is 10.5 Å². The fourth-order valence-corrected chi connectivity index (χ4v) is 7.63. The van der Waals surface area contributed by atoms with E-state index in [9.17, 15) is 54.2 Å². The predicted molar refractivity (Wildman–Crippen MR) is 351 cm³/mol. The summed E-state index contributed by atoms with van der Waals surface area (Å²) >= 11 is 0. The lowest BCUT2D eigenvalue weighted by Gasteiger charge is -2.13. The summed E-state index contributed by atoms with van der Waals surface area (Å²) in [5, 5.41) is 62.7. The number of phenolic OH excluding ortho intramolecular Hbond substituents is 1. The first-order chi connectivity index (χ1) is 48.5. The van der Waals surface area contributed by atoms with Crippen LogP contribution in [-0.2, 0) is 41.8 Å². The molecule has 512 valence electrons. The zero-order chi connectivity index (χ0) is 72.3. The first-order valence-electron chi connectivity index (χ1n) is 28.6. The summed E-state index contributed by atoms with van der Waals surface area (Å²) < 4.78 is 39.2. The normalized spacial score (nSPS) is 11.1. The van der Waals surface area contributed by atoms with Gasteiger partial charge in [-0.2, -0.15) is 4.84 Å². The van der Waals surface area contributed by atoms with Crippen LogP contribution in [0.3, 0.4) is 0 Å². The summed E-state index contributed by atoms with van der Waals surface area (Å²) in [6, 6.07) is 74.0. The zero-order valence-electron chi connectivity index (χ0n) is 51.8. The Labute approximate surface area is 566 Å². The van der Waals surface area contributed by atoms with Crippen LogP contribution in [0.5, 0.6) is 28.7 Å². The number of benzene rings is 10. The monoisotopic (exact) mass is 1370 g/mol. The summed E-state index contributed by atoms with van der Waals surface area (Å²) in [4.78, 5) is 107. The maximum atomic E-state index is 11.7. The van der Waals surface area contributed by atoms with E-state index in [0.29, 0.717) is 68.6 Å². The summed E-state index contributed by atoms with van der Waals surface area (Å²) in [5.74, 6) is 1.69. The molecule has 0 fully saturated rings. The van der Waals surface area contributed by atoms with Crippen LogP contribution in [0.2, 0.25) is 0 Å². The van der Waals surface area contributed by atoms with Crippen molar-refractivity contribution in [3.8, 4) is 28.7 Å². The number of carbonyl (C=O) groups is 5. The van der Waals surface area contributed by atoms with Gasteiger partial charge in [-0.15, -0.1) is 20.3 Å². The average Bonchev–Trinajstić information content (AvgIpc) is 1.66. The molecule has 6 N–H and O–H groups in total. The van der Waals surface area contributed by atoms with E-state index in [1.165, 1.54) is 36.4 Å². The number of carbonyl (C=O) groups excluding carboxylic acids is 7. The van der Waals surface area contributed by atoms with Crippen molar-refractivity contribution >= 4 is 65.5 Å². The molecule has 2 atom stereocenters. The van der Waals surface area contributed by atoms with Gasteiger partial charge in [0, 0.05) is 22.8 Å². The van der Waals surface area contributed by atoms with Crippen LogP contribution in [0.25, 0.3) is 0 Å². The number of aliphatic hydroxyl groups is 1. The largest absolute Gasteiger partial charge is 0.660 e. The molecule has 30 nitrogen and oxygen atoms in total. The number of phenols is 1. The van der Waals surface area contributed by atoms with E-state index in [4.69, 9.17) is 63.1 Å². The van der Waals surface area contributed by atoms with Crippen LogP contribution in [0.4, 0.5) is 47.6 Å². The minimum atomic E-state index is -1.62. The molecule has 10 aromatic rings. The van der Waals surface area contributed by atoms with Crippen molar-refractivity contribution in [1.29, 1.82) is 0 Å². The summed E-state index contributed by atoms with van der Waals surface area (Å²) in [7, 11) is 0. The Balaban J connectivity index is 0.000000220. The predicted octanol–water partition coefficient (Wildman–Crippen LogP) is 15.3. The first-order valence-corrected chi connectivity index (χ1v) is 28.6. The van der Waals surface area contributed by atoms with Crippen molar-refractivity contribution in [1.82, 2.24) is 0 Å². The highest BCUT2D eigenvalue weighted by Crippen LogP contribution is 2.37. The topological polar surface area (TPSA) is 417 Å². The highest BCUT2D eigenvalue weighted by atomic mass is 16.9. The number of anilines is 2. The molecule has 0 amide bonds. The number of nitroso groups, excluding NO2 is 2. The van der Waals surface area contributed by atoms with E-state index in [2.05, 4.69) is 15.1 Å². The number of rotatable bonds is 16. The highest BCUT2D eigenvalue weighted by Gasteiger charge is 2.33. The minimum Gasteiger partial charge on any atom is -0.508 e. The molecule has 11 rings (SSSR count). The lowest BCUT2D eigenvalue weighted by molar-refractivity contribution is -0.385. The molecule has 1 heterocycles. The van der Waals surface area contributed by atoms with Crippen molar-refractivity contribution in [2.45, 2.75) is 25.8 Å². The van der Waals surface area contributed by atoms with Gasteiger partial charge in [0.15, 0.2) is 6.29 Å². The quantitative estimate of drug-likeness (QED) is 0.00690. The summed E-state index contributed by atoms with van der Waals surface area (Å²) in [6.45, 7) is -0.359. The molecule has 100 heavy (non-hydrogen) atoms. The zero-order valence-corrected chi connectivity index (χ0v) is 51.8. The van der Waals surface area contributed by atoms with Gasteiger partial charge in [0.25, 0.3) is 12.0 Å². The fraction of sp³-hybridized carbons (Fsp3) is 0.0571. The SMILES string of the molecule is O=C(OCc1ccccc1N(O)O)Oc1ccccc1.O=C(OCc1ccccc1[N+](=O)[O-])Oc1ccccc1.O=C(Oc1ccccc1)OC1ON(O)c2ccccc21.O=C=[OH+].O=Cc1ccccc1N=O.O=Nc1ccccc1C(O)OC(=O)Oc1ccccc1.Oc1ccccc1. The average molecular weight is 1370 g/mol. The number of aliphatic hydroxyl groups excluding tert-OH is 1. The molecule has 10 aromatic carbocycles. The minimum absolute atomic E-state index is 0.00693. The molecule has 1 aliphatic rings. The van der Waals surface area contributed by atoms with Gasteiger partial charge in [-0.05, 0) is 107 Å². The Kier molecular flexibility index (Phi) is 33.2. The third-order valence-electron chi connectivity index (χ3n) is 12.1. The van der Waals surface area contributed by atoms with E-state index in [-0.39, 0.29) is 52.5 Å². The second-order valence-corrected chi connectivity index (χ2v) is 18.7. The van der Waals surface area contributed by atoms with Gasteiger partial charge in [-0.3, -0.25) is 35.3 Å². The molecule has 2 unspecified atom stereocenters. The maximum absolute atomic E-state index is 11.7. The van der Waals surface area contributed by atoms with Crippen LogP contribution < -0.4 is 29.4 Å². The number of aldehydes is 1. The van der Waals surface area contributed by atoms with Crippen LogP contribution in [0.1, 0.15) is 45.2 Å². The Bertz CT molecular complexity index is 4180. The van der Waals surface area contributed by atoms with Crippen molar-refractivity contribution in [3.05, 3.63) is 321 Å². The summed E-state index contributed by atoms with van der Waals surface area (Å²) in [6.07, 6.45) is -5.32. The Hall–Kier alpha value is -13.9. The van der Waals surface area contributed by atoms with Gasteiger partial charge in [0.1, 0.15) is 69.5 Å². The third kappa shape index (κ3) is 27.6. The molecule has 0 aliphatic carbocycles. The van der Waals surface area contributed by atoms with Crippen LogP contribution >= 0.6 is 0 Å². The van der Waals surface area contributed by atoms with E-state index < -0.39 is 42.1 Å². The highest BCUT2D eigenvalue weighted by molar-refractivity contribution is 5.82. The molecule has 0 saturated heterocycles. The van der Waals surface area contributed by atoms with Crippen LogP contribution in [0, 0.1) is 19.9 Å². The number of nitrogens with zero attached hydrogens (tertiary/aromatic N) is 5. The smallest absolute Gasteiger partial charge is 0.508 e. The molecule has 0 spiro atoms. The van der Waals surface area contributed by atoms with E-state index in [0.717, 1.165) is 0 Å². The number of para-hydroxylation sites is 8. The number of hydrogen-bond donors (Lipinski definition) is 5. The van der Waals surface area contributed by atoms with Crippen molar-refractivity contribution in [2.24, 2.45) is 10.4 Å². The Morgan fingerprint density at radius 2 is 0.960 bits per heavy atom. The Morgan fingerprint density at radius 1 is 0.560 bits per heavy atom. The number of aromatic hydroxyl groups is 1. The molecular formula is C70H58N5O25+. The van der Waals surface area contributed by atoms with Crippen molar-refractivity contribution in [3.63, 3.8) is 0 Å². The van der Waals surface area contributed by atoms with Gasteiger partial charge < -0.3 is 48.1 Å². The lowest BCUT2D eigenvalue weighted by atomic mass is 10.2. The molecular weight excluding hydrogens is 1310 g/mol. The Morgan fingerprint density at radius 3 is 1.43 bits per heavy atom. The van der Waals surface area contributed by atoms with Gasteiger partial charge in [-0.1, -0.05) is 170 Å². The maximum Gasteiger partial charge on any atom is 0.660 e. The standard InChI is InChI=1S/C14H11NO5.C14H13NO5.2C14H11NO5.C7H5NO2.C6H6O.CO2/c16-14(18-10-6-2-1-3-7-10)19-13-11-8-4-5-9-12(11)15(17)20-13;2*16-14(20-12-7-2-1-3-8-12)19-10-11-6-4-5-9-13(11)15(17)18;16-13(11-8-4-5-9-12(11)15-18)20-14(17)19-10-6-2-1-3-7-10;9-5-6-3-1-2-4-7(6)8-10;7-6-4-2-1-3-5-6;2-1-3/h1-9,13,17H;1-9,17-18H,10H2;1-9H,10H2;1-9,13,16H;1-5H;1-5,7H;/p+1. The number of fused-ring (bicyclic) bond motifs is 1. The first kappa shape index (κ1) is 76.8. The van der Waals surface area contributed by atoms with E-state index in [1.54, 1.807) is 231 Å². The molecule has 30 heteroatoms. The molecule has 0 saturated carbocycles. The van der Waals surface area contributed by atoms with Gasteiger partial charge >= 0.3 is 30.8 Å². The third-order valence-corrected chi connectivity index (χ3v) is 12.1. The number of nitro benzene ring substituents is 1. The van der Waals surface area contributed by atoms with E-state index in [1.807, 2.05) is 6.07 Å². The van der Waals surface area contributed by atoms with Gasteiger partial charge in [0.2, 0.25) is 6.29 Å². The number of hydrogen-bond acceptors (Lipinski definition) is 28.